The lowest BCUT2D eigenvalue weighted by Crippen LogP contribution is -2.42. The summed E-state index contributed by atoms with van der Waals surface area (Å²) in [5.41, 5.74) is 1.96. The van der Waals surface area contributed by atoms with Crippen LogP contribution < -0.4 is 9.47 Å². The maximum absolute atomic E-state index is 12.6. The molecule has 1 fully saturated rings. The standard InChI is InChI=1S/C22H24N2O3S2/c1-26-17-5-8-20-19(14-17)23-22(29-20)27-16-9-11-24(12-10-16)21(25)13-15-3-6-18(28-2)7-4-15/h3-8,14,16H,9-13H2,1-2H3. The van der Waals surface area contributed by atoms with E-state index in [1.165, 1.54) is 4.90 Å². The first-order chi connectivity index (χ1) is 14.1. The molecule has 0 unspecified atom stereocenters. The highest BCUT2D eigenvalue weighted by Crippen LogP contribution is 2.32. The number of carbonyl (C=O) groups is 1. The van der Waals surface area contributed by atoms with Gasteiger partial charge in [0.25, 0.3) is 5.19 Å². The molecular formula is C22H24N2O3S2. The Morgan fingerprint density at radius 3 is 2.66 bits per heavy atom. The number of carbonyl (C=O) groups excluding carboxylic acids is 1. The number of nitrogens with zero attached hydrogens (tertiary/aromatic N) is 2. The Hall–Kier alpha value is -2.25. The fourth-order valence-corrected chi connectivity index (χ4v) is 4.73. The Morgan fingerprint density at radius 2 is 1.97 bits per heavy atom. The van der Waals surface area contributed by atoms with E-state index >= 15 is 0 Å². The van der Waals surface area contributed by atoms with E-state index in [0.717, 1.165) is 47.5 Å². The summed E-state index contributed by atoms with van der Waals surface area (Å²) in [6, 6.07) is 14.1. The van der Waals surface area contributed by atoms with E-state index in [0.29, 0.717) is 11.6 Å². The van der Waals surface area contributed by atoms with E-state index in [9.17, 15) is 4.79 Å². The number of hydrogen-bond donors (Lipinski definition) is 0. The van der Waals surface area contributed by atoms with Crippen LogP contribution in [0.5, 0.6) is 10.9 Å². The van der Waals surface area contributed by atoms with Crippen molar-refractivity contribution in [2.45, 2.75) is 30.3 Å². The summed E-state index contributed by atoms with van der Waals surface area (Å²) in [6.07, 6.45) is 4.27. The molecule has 0 atom stereocenters. The van der Waals surface area contributed by atoms with Crippen LogP contribution in [-0.2, 0) is 11.2 Å². The first kappa shape index (κ1) is 20.0. The zero-order valence-corrected chi connectivity index (χ0v) is 18.2. The zero-order chi connectivity index (χ0) is 20.2. The predicted molar refractivity (Wildman–Crippen MR) is 118 cm³/mol. The molecule has 152 valence electrons. The Morgan fingerprint density at radius 1 is 1.21 bits per heavy atom. The van der Waals surface area contributed by atoms with Crippen LogP contribution >= 0.6 is 23.1 Å². The quantitative estimate of drug-likeness (QED) is 0.536. The van der Waals surface area contributed by atoms with Crippen LogP contribution in [0.3, 0.4) is 0 Å². The number of benzene rings is 2. The molecule has 4 rings (SSSR count). The molecule has 1 aromatic heterocycles. The number of likely N-dealkylation sites (tertiary alicyclic amines) is 1. The van der Waals surface area contributed by atoms with Crippen LogP contribution in [0.2, 0.25) is 0 Å². The van der Waals surface area contributed by atoms with Crippen molar-refractivity contribution < 1.29 is 14.3 Å². The van der Waals surface area contributed by atoms with E-state index in [2.05, 4.69) is 23.4 Å². The highest BCUT2D eigenvalue weighted by Gasteiger charge is 2.24. The van der Waals surface area contributed by atoms with Gasteiger partial charge in [-0.3, -0.25) is 4.79 Å². The largest absolute Gasteiger partial charge is 0.497 e. The molecule has 1 aliphatic rings. The lowest BCUT2D eigenvalue weighted by atomic mass is 10.1. The maximum Gasteiger partial charge on any atom is 0.274 e. The second kappa shape index (κ2) is 9.05. The highest BCUT2D eigenvalue weighted by atomic mass is 32.2. The average Bonchev–Trinajstić information content (AvgIpc) is 3.16. The van der Waals surface area contributed by atoms with E-state index in [4.69, 9.17) is 9.47 Å². The summed E-state index contributed by atoms with van der Waals surface area (Å²) in [6.45, 7) is 1.45. The third kappa shape index (κ3) is 4.85. The number of amides is 1. The van der Waals surface area contributed by atoms with E-state index < -0.39 is 0 Å². The molecule has 0 aliphatic carbocycles. The van der Waals surface area contributed by atoms with Crippen molar-refractivity contribution in [1.29, 1.82) is 0 Å². The number of methoxy groups -OCH3 is 1. The molecule has 1 amide bonds. The molecule has 0 radical (unpaired) electrons. The Balaban J connectivity index is 1.30. The minimum absolute atomic E-state index is 0.0994. The number of fused-ring (bicyclic) bond motifs is 1. The lowest BCUT2D eigenvalue weighted by molar-refractivity contribution is -0.132. The van der Waals surface area contributed by atoms with E-state index in [1.807, 2.05) is 35.2 Å². The van der Waals surface area contributed by atoms with E-state index in [-0.39, 0.29) is 12.0 Å². The third-order valence-corrected chi connectivity index (χ3v) is 6.82. The lowest BCUT2D eigenvalue weighted by Gasteiger charge is -2.31. The van der Waals surface area contributed by atoms with Gasteiger partial charge in [0, 0.05) is 36.9 Å². The summed E-state index contributed by atoms with van der Waals surface area (Å²) in [5, 5.41) is 0.687. The molecule has 1 saturated heterocycles. The van der Waals surface area contributed by atoms with Crippen molar-refractivity contribution in [2.24, 2.45) is 0 Å². The van der Waals surface area contributed by atoms with Crippen molar-refractivity contribution in [3.05, 3.63) is 48.0 Å². The van der Waals surface area contributed by atoms with Crippen molar-refractivity contribution in [3.8, 4) is 10.9 Å². The normalized spacial score (nSPS) is 14.9. The Bertz CT molecular complexity index is 979. The number of thiazole rings is 1. The third-order valence-electron chi connectivity index (χ3n) is 5.15. The SMILES string of the molecule is COc1ccc2sc(OC3CCN(C(=O)Cc4ccc(SC)cc4)CC3)nc2c1. The van der Waals surface area contributed by atoms with Gasteiger partial charge in [-0.05, 0) is 36.1 Å². The molecule has 5 nitrogen and oxygen atoms in total. The number of aromatic nitrogens is 1. The average molecular weight is 429 g/mol. The van der Waals surface area contributed by atoms with Gasteiger partial charge in [-0.25, -0.2) is 4.98 Å². The second-order valence-electron chi connectivity index (χ2n) is 7.04. The minimum Gasteiger partial charge on any atom is -0.497 e. The van der Waals surface area contributed by atoms with Crippen LogP contribution in [0.15, 0.2) is 47.4 Å². The first-order valence-corrected chi connectivity index (χ1v) is 11.7. The number of thioether (sulfide) groups is 1. The molecule has 0 spiro atoms. The summed E-state index contributed by atoms with van der Waals surface area (Å²) in [5.74, 6) is 0.983. The van der Waals surface area contributed by atoms with Gasteiger partial charge in [0.05, 0.1) is 23.7 Å². The van der Waals surface area contributed by atoms with E-state index in [1.54, 1.807) is 30.2 Å². The molecule has 7 heteroatoms. The van der Waals surface area contributed by atoms with Gasteiger partial charge in [0.1, 0.15) is 11.9 Å². The molecule has 29 heavy (non-hydrogen) atoms. The molecule has 0 saturated carbocycles. The van der Waals surface area contributed by atoms with Gasteiger partial charge in [0.15, 0.2) is 0 Å². The number of rotatable bonds is 6. The number of ether oxygens (including phenoxy) is 2. The van der Waals surface area contributed by atoms with Gasteiger partial charge >= 0.3 is 0 Å². The molecule has 1 aliphatic heterocycles. The van der Waals surface area contributed by atoms with Crippen molar-refractivity contribution in [2.75, 3.05) is 26.5 Å². The van der Waals surface area contributed by atoms with Crippen molar-refractivity contribution in [1.82, 2.24) is 9.88 Å². The summed E-state index contributed by atoms with van der Waals surface area (Å²) in [4.78, 5) is 20.4. The van der Waals surface area contributed by atoms with Crippen molar-refractivity contribution in [3.63, 3.8) is 0 Å². The molecule has 0 bridgehead atoms. The molecule has 2 aromatic carbocycles. The minimum atomic E-state index is 0.0994. The van der Waals surface area contributed by atoms with Crippen LogP contribution in [0.1, 0.15) is 18.4 Å². The van der Waals surface area contributed by atoms with Gasteiger partial charge in [-0.2, -0.15) is 0 Å². The van der Waals surface area contributed by atoms with Crippen LogP contribution in [-0.4, -0.2) is 48.4 Å². The molecule has 2 heterocycles. The fourth-order valence-electron chi connectivity index (χ4n) is 3.46. The monoisotopic (exact) mass is 428 g/mol. The number of hydrogen-bond acceptors (Lipinski definition) is 6. The Kier molecular flexibility index (Phi) is 6.25. The Labute approximate surface area is 179 Å². The van der Waals surface area contributed by atoms with Crippen LogP contribution in [0, 0.1) is 0 Å². The predicted octanol–water partition coefficient (Wildman–Crippen LogP) is 4.64. The van der Waals surface area contributed by atoms with Gasteiger partial charge in [-0.15, -0.1) is 11.8 Å². The van der Waals surface area contributed by atoms with Gasteiger partial charge < -0.3 is 14.4 Å². The molecular weight excluding hydrogens is 404 g/mol. The summed E-state index contributed by atoms with van der Waals surface area (Å²) >= 11 is 3.26. The second-order valence-corrected chi connectivity index (χ2v) is 8.91. The fraction of sp³-hybridized carbons (Fsp3) is 0.364. The smallest absolute Gasteiger partial charge is 0.274 e. The van der Waals surface area contributed by atoms with Crippen molar-refractivity contribution >= 4 is 39.2 Å². The maximum atomic E-state index is 12.6. The summed E-state index contributed by atoms with van der Waals surface area (Å²) < 4.78 is 12.5. The van der Waals surface area contributed by atoms with Crippen LogP contribution in [0.25, 0.3) is 10.2 Å². The van der Waals surface area contributed by atoms with Crippen LogP contribution in [0.4, 0.5) is 0 Å². The summed E-state index contributed by atoms with van der Waals surface area (Å²) in [7, 11) is 1.65. The van der Waals surface area contributed by atoms with Gasteiger partial charge in [-0.1, -0.05) is 23.5 Å². The topological polar surface area (TPSA) is 51.7 Å². The first-order valence-electron chi connectivity index (χ1n) is 9.66. The molecule has 0 N–H and O–H groups in total. The number of piperidine rings is 1. The zero-order valence-electron chi connectivity index (χ0n) is 16.6. The van der Waals surface area contributed by atoms with Gasteiger partial charge in [0.2, 0.25) is 5.91 Å². The highest BCUT2D eigenvalue weighted by molar-refractivity contribution is 7.98. The molecule has 3 aromatic rings.